The second-order valence-electron chi connectivity index (χ2n) is 5.90. The third kappa shape index (κ3) is 3.85. The first-order valence-corrected chi connectivity index (χ1v) is 9.12. The lowest BCUT2D eigenvalue weighted by Crippen LogP contribution is -2.26. The molecule has 1 aromatic carbocycles. The third-order valence-electron chi connectivity index (χ3n) is 3.94. The van der Waals surface area contributed by atoms with Crippen molar-refractivity contribution in [2.24, 2.45) is 0 Å². The van der Waals surface area contributed by atoms with Gasteiger partial charge in [0.1, 0.15) is 10.8 Å². The fraction of sp³-hybridized carbons (Fsp3) is 0.278. The van der Waals surface area contributed by atoms with Crippen molar-refractivity contribution in [2.75, 3.05) is 5.73 Å². The minimum absolute atomic E-state index is 0.183. The molecule has 8 heteroatoms. The number of aryl methyl sites for hydroxylation is 2. The van der Waals surface area contributed by atoms with Crippen molar-refractivity contribution in [1.82, 2.24) is 25.5 Å². The molecule has 2 heterocycles. The predicted octanol–water partition coefficient (Wildman–Crippen LogP) is 2.94. The minimum Gasteiger partial charge on any atom is -0.374 e. The maximum absolute atomic E-state index is 12.6. The molecule has 3 rings (SSSR count). The summed E-state index contributed by atoms with van der Waals surface area (Å²) in [5, 5.41) is 11.7. The molecular weight excluding hydrogens is 348 g/mol. The molecule has 0 saturated heterocycles. The van der Waals surface area contributed by atoms with E-state index in [2.05, 4.69) is 32.4 Å². The lowest BCUT2D eigenvalue weighted by molar-refractivity contribution is 0.0940. The van der Waals surface area contributed by atoms with E-state index in [4.69, 9.17) is 5.73 Å². The van der Waals surface area contributed by atoms with Gasteiger partial charge in [0.05, 0.1) is 11.7 Å². The molecule has 26 heavy (non-hydrogen) atoms. The molecular formula is C18H20N6OS. The summed E-state index contributed by atoms with van der Waals surface area (Å²) in [6.07, 6.45) is 2.66. The van der Waals surface area contributed by atoms with Crippen LogP contribution in [0.3, 0.4) is 0 Å². The quantitative estimate of drug-likeness (QED) is 0.717. The predicted molar refractivity (Wildman–Crippen MR) is 102 cm³/mol. The topological polar surface area (TPSA) is 107 Å². The van der Waals surface area contributed by atoms with Crippen LogP contribution in [0.1, 0.15) is 46.6 Å². The van der Waals surface area contributed by atoms with Crippen LogP contribution in [0.25, 0.3) is 11.3 Å². The molecule has 0 aliphatic carbocycles. The zero-order valence-electron chi connectivity index (χ0n) is 14.9. The summed E-state index contributed by atoms with van der Waals surface area (Å²) < 4.78 is 0. The number of carbonyl (C=O) groups excluding carboxylic acids is 1. The number of nitrogens with two attached hydrogens (primary N) is 1. The van der Waals surface area contributed by atoms with E-state index in [1.165, 1.54) is 11.3 Å². The summed E-state index contributed by atoms with van der Waals surface area (Å²) >= 11 is 1.26. The molecule has 0 unspecified atom stereocenters. The lowest BCUT2D eigenvalue weighted by atomic mass is 10.0. The van der Waals surface area contributed by atoms with E-state index in [0.29, 0.717) is 21.5 Å². The van der Waals surface area contributed by atoms with E-state index >= 15 is 0 Å². The molecule has 0 aliphatic heterocycles. The Morgan fingerprint density at radius 2 is 2.15 bits per heavy atom. The second kappa shape index (κ2) is 7.57. The number of benzene rings is 1. The maximum Gasteiger partial charge on any atom is 0.251 e. The molecule has 0 radical (unpaired) electrons. The smallest absolute Gasteiger partial charge is 0.251 e. The van der Waals surface area contributed by atoms with Crippen molar-refractivity contribution in [3.8, 4) is 11.3 Å². The van der Waals surface area contributed by atoms with Crippen molar-refractivity contribution >= 4 is 22.4 Å². The number of hydrogen-bond donors (Lipinski definition) is 2. The summed E-state index contributed by atoms with van der Waals surface area (Å²) in [5.41, 5.74) is 8.97. The number of nitrogens with one attached hydrogen (secondary N) is 1. The SMILES string of the molecule is CCc1cnc(C)nc1-c1cccc(C(=O)N[C@H](C)c2nnc(N)s2)c1. The van der Waals surface area contributed by atoms with Gasteiger partial charge in [0, 0.05) is 17.3 Å². The Morgan fingerprint density at radius 3 is 2.85 bits per heavy atom. The Balaban J connectivity index is 1.85. The third-order valence-corrected chi connectivity index (χ3v) is 4.87. The number of aromatic nitrogens is 4. The van der Waals surface area contributed by atoms with E-state index in [9.17, 15) is 4.79 Å². The first-order valence-electron chi connectivity index (χ1n) is 8.30. The largest absolute Gasteiger partial charge is 0.374 e. The van der Waals surface area contributed by atoms with Crippen molar-refractivity contribution in [3.63, 3.8) is 0 Å². The van der Waals surface area contributed by atoms with E-state index in [1.54, 1.807) is 6.07 Å². The van der Waals surface area contributed by atoms with Gasteiger partial charge in [0.25, 0.3) is 5.91 Å². The maximum atomic E-state index is 12.6. The van der Waals surface area contributed by atoms with Crippen LogP contribution in [-0.2, 0) is 6.42 Å². The van der Waals surface area contributed by atoms with Crippen LogP contribution in [0.2, 0.25) is 0 Å². The summed E-state index contributed by atoms with van der Waals surface area (Å²) in [6, 6.07) is 7.16. The minimum atomic E-state index is -0.270. The molecule has 0 fully saturated rings. The number of rotatable bonds is 5. The molecule has 0 saturated carbocycles. The van der Waals surface area contributed by atoms with Gasteiger partial charge in [-0.2, -0.15) is 0 Å². The highest BCUT2D eigenvalue weighted by Gasteiger charge is 2.16. The molecule has 1 amide bonds. The molecule has 134 valence electrons. The zero-order chi connectivity index (χ0) is 18.7. The fourth-order valence-electron chi connectivity index (χ4n) is 2.57. The van der Waals surface area contributed by atoms with Crippen molar-refractivity contribution in [2.45, 2.75) is 33.2 Å². The Morgan fingerprint density at radius 1 is 1.35 bits per heavy atom. The summed E-state index contributed by atoms with van der Waals surface area (Å²) in [4.78, 5) is 21.4. The Kier molecular flexibility index (Phi) is 5.22. The van der Waals surface area contributed by atoms with Crippen molar-refractivity contribution < 1.29 is 4.79 Å². The summed E-state index contributed by atoms with van der Waals surface area (Å²) in [5.74, 6) is 0.520. The van der Waals surface area contributed by atoms with Crippen LogP contribution in [0.15, 0.2) is 30.5 Å². The zero-order valence-corrected chi connectivity index (χ0v) is 15.7. The van der Waals surface area contributed by atoms with Crippen LogP contribution >= 0.6 is 11.3 Å². The van der Waals surface area contributed by atoms with Crippen molar-refractivity contribution in [1.29, 1.82) is 0 Å². The molecule has 0 bridgehead atoms. The highest BCUT2D eigenvalue weighted by atomic mass is 32.1. The number of hydrogen-bond acceptors (Lipinski definition) is 7. The number of carbonyl (C=O) groups is 1. The number of nitrogens with zero attached hydrogens (tertiary/aromatic N) is 4. The van der Waals surface area contributed by atoms with Gasteiger partial charge < -0.3 is 11.1 Å². The van der Waals surface area contributed by atoms with Gasteiger partial charge >= 0.3 is 0 Å². The van der Waals surface area contributed by atoms with Crippen LogP contribution in [-0.4, -0.2) is 26.1 Å². The highest BCUT2D eigenvalue weighted by molar-refractivity contribution is 7.15. The Hall–Kier alpha value is -2.87. The van der Waals surface area contributed by atoms with Gasteiger partial charge in [-0.05, 0) is 38.0 Å². The average Bonchev–Trinajstić information content (AvgIpc) is 3.08. The monoisotopic (exact) mass is 368 g/mol. The van der Waals surface area contributed by atoms with Gasteiger partial charge in [-0.1, -0.05) is 30.4 Å². The molecule has 0 spiro atoms. The summed E-state index contributed by atoms with van der Waals surface area (Å²) in [6.45, 7) is 5.77. The molecule has 1 atom stereocenters. The normalized spacial score (nSPS) is 12.0. The van der Waals surface area contributed by atoms with Gasteiger partial charge in [-0.15, -0.1) is 10.2 Å². The van der Waals surface area contributed by atoms with Gasteiger partial charge in [-0.25, -0.2) is 9.97 Å². The van der Waals surface area contributed by atoms with Crippen LogP contribution in [0.5, 0.6) is 0 Å². The highest BCUT2D eigenvalue weighted by Crippen LogP contribution is 2.24. The second-order valence-corrected chi connectivity index (χ2v) is 6.94. The van der Waals surface area contributed by atoms with E-state index in [-0.39, 0.29) is 11.9 Å². The first-order chi connectivity index (χ1) is 12.5. The van der Waals surface area contributed by atoms with Crippen molar-refractivity contribution in [3.05, 3.63) is 52.4 Å². The summed E-state index contributed by atoms with van der Waals surface area (Å²) in [7, 11) is 0. The van der Waals surface area contributed by atoms with E-state index in [1.807, 2.05) is 38.2 Å². The molecule has 3 N–H and O–H groups in total. The molecule has 3 aromatic rings. The molecule has 7 nitrogen and oxygen atoms in total. The van der Waals surface area contributed by atoms with Gasteiger partial charge in [-0.3, -0.25) is 4.79 Å². The standard InChI is InChI=1S/C18H20N6OS/c1-4-12-9-20-11(3)22-15(12)13-6-5-7-14(8-13)16(25)21-10(2)17-23-24-18(19)26-17/h5-10H,4H2,1-3H3,(H2,19,24)(H,21,25)/t10-/m1/s1. The number of nitrogen functional groups attached to an aromatic ring is 1. The van der Waals surface area contributed by atoms with Crippen LogP contribution in [0.4, 0.5) is 5.13 Å². The number of anilines is 1. The van der Waals surface area contributed by atoms with Gasteiger partial charge in [0.2, 0.25) is 5.13 Å². The van der Waals surface area contributed by atoms with Crippen LogP contribution in [0, 0.1) is 6.92 Å². The van der Waals surface area contributed by atoms with Crippen LogP contribution < -0.4 is 11.1 Å². The number of amides is 1. The Bertz CT molecular complexity index is 939. The first kappa shape index (κ1) is 17.9. The molecule has 2 aromatic heterocycles. The Labute approximate surface area is 155 Å². The average molecular weight is 368 g/mol. The van der Waals surface area contributed by atoms with E-state index < -0.39 is 0 Å². The fourth-order valence-corrected chi connectivity index (χ4v) is 3.19. The molecule has 0 aliphatic rings. The van der Waals surface area contributed by atoms with E-state index in [0.717, 1.165) is 23.2 Å². The van der Waals surface area contributed by atoms with Gasteiger partial charge in [0.15, 0.2) is 0 Å². The lowest BCUT2D eigenvalue weighted by Gasteiger charge is -2.12.